The third kappa shape index (κ3) is 9.85. The predicted octanol–water partition coefficient (Wildman–Crippen LogP) is 12.9. The minimum atomic E-state index is 0.00994. The van der Waals surface area contributed by atoms with E-state index in [9.17, 15) is 0 Å². The quantitative estimate of drug-likeness (QED) is 0.151. The normalized spacial score (nSPS) is 23.1. The molecule has 4 heteroatoms. The van der Waals surface area contributed by atoms with Crippen molar-refractivity contribution < 1.29 is 0 Å². The summed E-state index contributed by atoms with van der Waals surface area (Å²) in [7, 11) is 0.0199. The molecule has 6 rings (SSSR count). The SMILES string of the molecule is C(CP(C1CCCCC1)C1CCCCC1)=N[C@@H](c1ccccc1)[C@@H](N=CCP(C1CCCCC1)C1CCCCC1)c1ccccc1. The molecule has 46 heavy (non-hydrogen) atoms. The molecule has 0 saturated heterocycles. The van der Waals surface area contributed by atoms with Crippen molar-refractivity contribution in [2.24, 2.45) is 9.98 Å². The zero-order valence-corrected chi connectivity index (χ0v) is 30.5. The molecule has 4 aliphatic carbocycles. The fourth-order valence-corrected chi connectivity index (χ4v) is 16.4. The number of hydrogen-bond acceptors (Lipinski definition) is 2. The predicted molar refractivity (Wildman–Crippen MR) is 206 cm³/mol. The van der Waals surface area contributed by atoms with Crippen LogP contribution >= 0.6 is 15.8 Å². The van der Waals surface area contributed by atoms with Crippen molar-refractivity contribution in [1.82, 2.24) is 0 Å². The molecule has 0 radical (unpaired) electrons. The lowest BCUT2D eigenvalue weighted by molar-refractivity contribution is 0.485. The van der Waals surface area contributed by atoms with Crippen LogP contribution in [0.25, 0.3) is 0 Å². The van der Waals surface area contributed by atoms with Crippen LogP contribution in [0, 0.1) is 0 Å². The Hall–Kier alpha value is -1.36. The van der Waals surface area contributed by atoms with Gasteiger partial charge in [-0.3, -0.25) is 9.98 Å². The first-order chi connectivity index (χ1) is 22.9. The number of aliphatic imine (C=N–C) groups is 2. The van der Waals surface area contributed by atoms with Gasteiger partial charge in [0.1, 0.15) is 12.1 Å². The number of nitrogens with zero attached hydrogens (tertiary/aromatic N) is 2. The van der Waals surface area contributed by atoms with E-state index < -0.39 is 0 Å². The van der Waals surface area contributed by atoms with E-state index in [0.29, 0.717) is 0 Å². The lowest BCUT2D eigenvalue weighted by atomic mass is 9.94. The second kappa shape index (κ2) is 19.0. The lowest BCUT2D eigenvalue weighted by Crippen LogP contribution is -2.22. The molecule has 0 amide bonds. The van der Waals surface area contributed by atoms with Gasteiger partial charge >= 0.3 is 0 Å². The summed E-state index contributed by atoms with van der Waals surface area (Å²) in [5.41, 5.74) is 6.49. The summed E-state index contributed by atoms with van der Waals surface area (Å²) in [6.45, 7) is 0. The lowest BCUT2D eigenvalue weighted by Gasteiger charge is -2.38. The largest absolute Gasteiger partial charge is 0.286 e. The summed E-state index contributed by atoms with van der Waals surface area (Å²) >= 11 is 0. The summed E-state index contributed by atoms with van der Waals surface area (Å²) in [4.78, 5) is 11.1. The number of rotatable bonds is 13. The molecule has 0 unspecified atom stereocenters. The Balaban J connectivity index is 1.25. The fourth-order valence-electron chi connectivity index (χ4n) is 9.35. The average molecular weight is 657 g/mol. The molecule has 2 aromatic rings. The molecule has 2 aromatic carbocycles. The van der Waals surface area contributed by atoms with Crippen LogP contribution in [-0.2, 0) is 0 Å². The third-order valence-electron chi connectivity index (χ3n) is 11.9. The van der Waals surface area contributed by atoms with E-state index in [4.69, 9.17) is 9.98 Å². The maximum absolute atomic E-state index is 5.56. The summed E-state index contributed by atoms with van der Waals surface area (Å²) in [6, 6.07) is 22.4. The van der Waals surface area contributed by atoms with Crippen molar-refractivity contribution in [2.75, 3.05) is 12.3 Å². The smallest absolute Gasteiger partial charge is 0.101 e. The molecular weight excluding hydrogens is 594 g/mol. The van der Waals surface area contributed by atoms with Crippen LogP contribution in [0.4, 0.5) is 0 Å². The van der Waals surface area contributed by atoms with Gasteiger partial charge < -0.3 is 0 Å². The summed E-state index contributed by atoms with van der Waals surface area (Å²) in [5.74, 6) is 0. The Kier molecular flexibility index (Phi) is 14.2. The highest BCUT2D eigenvalue weighted by Crippen LogP contribution is 2.56. The highest BCUT2D eigenvalue weighted by Gasteiger charge is 2.32. The van der Waals surface area contributed by atoms with Gasteiger partial charge in [0.05, 0.1) is 0 Å². The molecule has 4 saturated carbocycles. The van der Waals surface area contributed by atoms with Crippen LogP contribution < -0.4 is 0 Å². The van der Waals surface area contributed by atoms with E-state index in [2.05, 4.69) is 73.1 Å². The molecule has 250 valence electrons. The summed E-state index contributed by atoms with van der Waals surface area (Å²) in [5, 5.41) is 0. The van der Waals surface area contributed by atoms with Gasteiger partial charge in [-0.1, -0.05) is 154 Å². The maximum atomic E-state index is 5.56. The number of hydrogen-bond donors (Lipinski definition) is 0. The first-order valence-electron chi connectivity index (χ1n) is 19.5. The van der Waals surface area contributed by atoms with Crippen LogP contribution in [0.3, 0.4) is 0 Å². The van der Waals surface area contributed by atoms with Gasteiger partial charge in [0.25, 0.3) is 0 Å². The van der Waals surface area contributed by atoms with Crippen molar-refractivity contribution in [3.8, 4) is 0 Å². The van der Waals surface area contributed by atoms with E-state index in [1.54, 1.807) is 0 Å². The first kappa shape index (κ1) is 34.5. The number of benzene rings is 2. The van der Waals surface area contributed by atoms with Gasteiger partial charge in [0.15, 0.2) is 0 Å². The van der Waals surface area contributed by atoms with Crippen molar-refractivity contribution >= 4 is 28.3 Å². The van der Waals surface area contributed by atoms with E-state index in [0.717, 1.165) is 22.6 Å². The van der Waals surface area contributed by atoms with Gasteiger partial charge in [-0.25, -0.2) is 0 Å². The standard InChI is InChI=1S/C42H62N2P2/c1-7-19-35(20-8-1)41(43-31-33-45(37-23-11-3-12-24-37)38-25-13-4-14-26-38)42(36-21-9-2-10-22-36)44-32-34-46(39-27-15-5-16-28-39)40-29-17-6-18-30-40/h1-2,7-10,19-22,31-32,37-42H,3-6,11-18,23-30,33-34H2/t41-,42-/m0/s1. The Morgan fingerprint density at radius 3 is 1.00 bits per heavy atom. The van der Waals surface area contributed by atoms with Gasteiger partial charge in [0.2, 0.25) is 0 Å². The molecule has 2 nitrogen and oxygen atoms in total. The van der Waals surface area contributed by atoms with Crippen LogP contribution in [0.15, 0.2) is 70.6 Å². The molecular formula is C42H62N2P2. The topological polar surface area (TPSA) is 24.7 Å². The van der Waals surface area contributed by atoms with Gasteiger partial charge in [-0.15, -0.1) is 0 Å². The Morgan fingerprint density at radius 2 is 0.717 bits per heavy atom. The highest BCUT2D eigenvalue weighted by atomic mass is 31.1. The second-order valence-corrected chi connectivity index (χ2v) is 20.6. The second-order valence-electron chi connectivity index (χ2n) is 14.9. The van der Waals surface area contributed by atoms with Crippen molar-refractivity contribution in [3.63, 3.8) is 0 Å². The highest BCUT2D eigenvalue weighted by molar-refractivity contribution is 7.60. The van der Waals surface area contributed by atoms with E-state index >= 15 is 0 Å². The third-order valence-corrected chi connectivity index (χ3v) is 18.9. The van der Waals surface area contributed by atoms with Crippen LogP contribution in [0.2, 0.25) is 0 Å². The molecule has 0 spiro atoms. The van der Waals surface area contributed by atoms with Crippen molar-refractivity contribution in [3.05, 3.63) is 71.8 Å². The van der Waals surface area contributed by atoms with Gasteiger partial charge in [0, 0.05) is 24.8 Å². The molecule has 0 N–H and O–H groups in total. The Morgan fingerprint density at radius 1 is 0.435 bits per heavy atom. The van der Waals surface area contributed by atoms with E-state index in [-0.39, 0.29) is 27.9 Å². The zero-order chi connectivity index (χ0) is 31.2. The zero-order valence-electron chi connectivity index (χ0n) is 28.7. The monoisotopic (exact) mass is 656 g/mol. The Bertz CT molecular complexity index is 1030. The average Bonchev–Trinajstić information content (AvgIpc) is 3.14. The van der Waals surface area contributed by atoms with E-state index in [1.807, 2.05) is 0 Å². The minimum Gasteiger partial charge on any atom is -0.286 e. The van der Waals surface area contributed by atoms with Crippen molar-refractivity contribution in [1.29, 1.82) is 0 Å². The van der Waals surface area contributed by atoms with Crippen LogP contribution in [0.5, 0.6) is 0 Å². The maximum Gasteiger partial charge on any atom is 0.101 e. The molecule has 0 bridgehead atoms. The van der Waals surface area contributed by atoms with Crippen LogP contribution in [0.1, 0.15) is 152 Å². The van der Waals surface area contributed by atoms with Gasteiger partial charge in [-0.05, 0) is 85.1 Å². The Labute approximate surface area is 284 Å². The molecule has 4 fully saturated rings. The molecule has 4 aliphatic rings. The molecule has 2 atom stereocenters. The molecule has 0 heterocycles. The first-order valence-corrected chi connectivity index (χ1v) is 22.8. The summed E-state index contributed by atoms with van der Waals surface area (Å²) in [6.07, 6.45) is 36.5. The molecule has 0 aliphatic heterocycles. The van der Waals surface area contributed by atoms with Crippen LogP contribution in [-0.4, -0.2) is 47.4 Å². The minimum absolute atomic E-state index is 0.00994. The molecule has 0 aromatic heterocycles. The van der Waals surface area contributed by atoms with E-state index in [1.165, 1.54) is 152 Å². The van der Waals surface area contributed by atoms with Crippen molar-refractivity contribution in [2.45, 2.75) is 163 Å². The fraction of sp³-hybridized carbons (Fsp3) is 0.667. The van der Waals surface area contributed by atoms with Gasteiger partial charge in [-0.2, -0.15) is 0 Å². The summed E-state index contributed by atoms with van der Waals surface area (Å²) < 4.78 is 0.